The second kappa shape index (κ2) is 9.80. The Morgan fingerprint density at radius 2 is 1.83 bits per heavy atom. The summed E-state index contributed by atoms with van der Waals surface area (Å²) in [5.41, 5.74) is 8.99. The molecule has 0 spiro atoms. The summed E-state index contributed by atoms with van der Waals surface area (Å²) in [5, 5.41) is 8.72. The molecule has 0 saturated carbocycles. The fourth-order valence-electron chi connectivity index (χ4n) is 1.95. The minimum absolute atomic E-state index is 0. The minimum atomic E-state index is -0.655. The molecule has 7 heteroatoms. The van der Waals surface area contributed by atoms with Gasteiger partial charge in [0.1, 0.15) is 17.8 Å². The molecule has 1 aromatic carbocycles. The Hall–Kier alpha value is -2.13. The quantitative estimate of drug-likeness (QED) is 0.853. The zero-order valence-corrected chi connectivity index (χ0v) is 14.1. The molecular weight excluding hydrogens is 337 g/mol. The molecule has 2 rings (SSSR count). The number of hydrogen-bond donors (Lipinski definition) is 1. The van der Waals surface area contributed by atoms with Crippen LogP contribution in [0.1, 0.15) is 11.3 Å². The van der Waals surface area contributed by atoms with Crippen LogP contribution in [0.4, 0.5) is 0 Å². The fraction of sp³-hybridized carbons (Fsp3) is 0.188. The normalized spacial score (nSPS) is 10.5. The van der Waals surface area contributed by atoms with E-state index in [2.05, 4.69) is 9.72 Å². The predicted molar refractivity (Wildman–Crippen MR) is 92.6 cm³/mol. The lowest BCUT2D eigenvalue weighted by Crippen LogP contribution is -2.33. The lowest BCUT2D eigenvalue weighted by molar-refractivity contribution is -0.142. The number of methoxy groups -OCH3 is 1. The molecule has 122 valence electrons. The van der Waals surface area contributed by atoms with E-state index in [9.17, 15) is 4.79 Å². The molecule has 5 nitrogen and oxygen atoms in total. The lowest BCUT2D eigenvalue weighted by Gasteiger charge is -2.09. The highest BCUT2D eigenvalue weighted by Gasteiger charge is 2.14. The summed E-state index contributed by atoms with van der Waals surface area (Å²) < 4.78 is 4.60. The molecule has 23 heavy (non-hydrogen) atoms. The van der Waals surface area contributed by atoms with E-state index < -0.39 is 12.0 Å². The first-order valence-corrected chi connectivity index (χ1v) is 6.43. The van der Waals surface area contributed by atoms with Gasteiger partial charge in [-0.15, -0.1) is 24.8 Å². The van der Waals surface area contributed by atoms with Gasteiger partial charge in [0.25, 0.3) is 0 Å². The SMILES string of the molecule is COC(=O)C(N)Cc1ccc(-c2ccc(C#N)nc2)cc1.Cl.Cl. The van der Waals surface area contributed by atoms with E-state index >= 15 is 0 Å². The van der Waals surface area contributed by atoms with Crippen molar-refractivity contribution in [3.05, 3.63) is 53.9 Å². The zero-order chi connectivity index (χ0) is 15.2. The monoisotopic (exact) mass is 353 g/mol. The van der Waals surface area contributed by atoms with Gasteiger partial charge in [-0.1, -0.05) is 24.3 Å². The minimum Gasteiger partial charge on any atom is -0.468 e. The van der Waals surface area contributed by atoms with Gasteiger partial charge < -0.3 is 10.5 Å². The van der Waals surface area contributed by atoms with E-state index in [1.807, 2.05) is 36.4 Å². The first-order chi connectivity index (χ1) is 10.1. The average molecular weight is 354 g/mol. The Morgan fingerprint density at radius 1 is 1.22 bits per heavy atom. The van der Waals surface area contributed by atoms with Crippen LogP contribution in [0.5, 0.6) is 0 Å². The number of rotatable bonds is 4. The number of nitriles is 1. The van der Waals surface area contributed by atoms with Gasteiger partial charge in [-0.05, 0) is 29.7 Å². The number of nitrogens with two attached hydrogens (primary N) is 1. The van der Waals surface area contributed by atoms with Crippen molar-refractivity contribution in [3.63, 3.8) is 0 Å². The Bertz CT molecular complexity index is 667. The number of aromatic nitrogens is 1. The van der Waals surface area contributed by atoms with Crippen molar-refractivity contribution in [2.24, 2.45) is 5.73 Å². The van der Waals surface area contributed by atoms with Gasteiger partial charge in [-0.3, -0.25) is 4.79 Å². The molecule has 2 N–H and O–H groups in total. The molecule has 0 radical (unpaired) electrons. The van der Waals surface area contributed by atoms with Gasteiger partial charge in [0.15, 0.2) is 0 Å². The number of halogens is 2. The standard InChI is InChI=1S/C16H15N3O2.2ClH/c1-21-16(20)15(18)8-11-2-4-12(5-3-11)13-6-7-14(9-17)19-10-13;;/h2-7,10,15H,8,18H2,1H3;2*1H. The molecule has 0 amide bonds. The third-order valence-corrected chi connectivity index (χ3v) is 3.12. The van der Waals surface area contributed by atoms with E-state index in [1.165, 1.54) is 7.11 Å². The Labute approximate surface area is 147 Å². The fourth-order valence-corrected chi connectivity index (χ4v) is 1.95. The van der Waals surface area contributed by atoms with E-state index in [-0.39, 0.29) is 24.8 Å². The molecule has 0 aliphatic heterocycles. The number of nitrogens with zero attached hydrogens (tertiary/aromatic N) is 2. The van der Waals surface area contributed by atoms with Gasteiger partial charge in [-0.25, -0.2) is 4.98 Å². The molecule has 0 bridgehead atoms. The number of hydrogen-bond acceptors (Lipinski definition) is 5. The molecular formula is C16H17Cl2N3O2. The number of benzene rings is 1. The van der Waals surface area contributed by atoms with Gasteiger partial charge in [0.05, 0.1) is 7.11 Å². The summed E-state index contributed by atoms with van der Waals surface area (Å²) in [6.07, 6.45) is 2.09. The summed E-state index contributed by atoms with van der Waals surface area (Å²) in [6.45, 7) is 0. The molecule has 1 heterocycles. The Balaban J connectivity index is 0.00000242. The van der Waals surface area contributed by atoms with E-state index in [0.717, 1.165) is 16.7 Å². The molecule has 0 saturated heterocycles. The first kappa shape index (κ1) is 20.9. The van der Waals surface area contributed by atoms with Crippen LogP contribution in [-0.4, -0.2) is 24.1 Å². The molecule has 1 aromatic heterocycles. The highest BCUT2D eigenvalue weighted by Crippen LogP contribution is 2.19. The summed E-state index contributed by atoms with van der Waals surface area (Å²) in [7, 11) is 1.32. The van der Waals surface area contributed by atoms with Crippen LogP contribution in [0, 0.1) is 11.3 Å². The number of esters is 1. The highest BCUT2D eigenvalue weighted by molar-refractivity contribution is 5.85. The molecule has 1 unspecified atom stereocenters. The van der Waals surface area contributed by atoms with Crippen molar-refractivity contribution in [1.29, 1.82) is 5.26 Å². The second-order valence-corrected chi connectivity index (χ2v) is 4.57. The third-order valence-electron chi connectivity index (χ3n) is 3.12. The Kier molecular flexibility index (Phi) is 8.89. The number of carbonyl (C=O) groups is 1. The van der Waals surface area contributed by atoms with Crippen LogP contribution in [0.15, 0.2) is 42.6 Å². The smallest absolute Gasteiger partial charge is 0.322 e. The van der Waals surface area contributed by atoms with Crippen molar-refractivity contribution in [2.45, 2.75) is 12.5 Å². The number of ether oxygens (including phenoxy) is 1. The zero-order valence-electron chi connectivity index (χ0n) is 12.4. The van der Waals surface area contributed by atoms with Gasteiger partial charge in [-0.2, -0.15) is 5.26 Å². The van der Waals surface area contributed by atoms with E-state index in [0.29, 0.717) is 12.1 Å². The summed E-state index contributed by atoms with van der Waals surface area (Å²) in [6, 6.07) is 12.5. The van der Waals surface area contributed by atoms with Crippen LogP contribution in [0.2, 0.25) is 0 Å². The van der Waals surface area contributed by atoms with Gasteiger partial charge in [0.2, 0.25) is 0 Å². The largest absolute Gasteiger partial charge is 0.468 e. The second-order valence-electron chi connectivity index (χ2n) is 4.57. The molecule has 1 atom stereocenters. The summed E-state index contributed by atoms with van der Waals surface area (Å²) in [4.78, 5) is 15.3. The Morgan fingerprint density at radius 3 is 2.30 bits per heavy atom. The van der Waals surface area contributed by atoms with Crippen LogP contribution >= 0.6 is 24.8 Å². The van der Waals surface area contributed by atoms with Crippen molar-refractivity contribution >= 4 is 30.8 Å². The first-order valence-electron chi connectivity index (χ1n) is 6.43. The summed E-state index contributed by atoms with van der Waals surface area (Å²) in [5.74, 6) is -0.421. The number of carbonyl (C=O) groups excluding carboxylic acids is 1. The van der Waals surface area contributed by atoms with Crippen molar-refractivity contribution in [2.75, 3.05) is 7.11 Å². The third kappa shape index (κ3) is 5.53. The van der Waals surface area contributed by atoms with Crippen LogP contribution < -0.4 is 5.73 Å². The van der Waals surface area contributed by atoms with Crippen molar-refractivity contribution < 1.29 is 9.53 Å². The molecule has 2 aromatic rings. The topological polar surface area (TPSA) is 89.0 Å². The predicted octanol–water partition coefficient (Wildman–Crippen LogP) is 2.51. The van der Waals surface area contributed by atoms with E-state index in [1.54, 1.807) is 12.3 Å². The maximum absolute atomic E-state index is 11.3. The van der Waals surface area contributed by atoms with Crippen LogP contribution in [-0.2, 0) is 16.0 Å². The van der Waals surface area contributed by atoms with Crippen LogP contribution in [0.25, 0.3) is 11.1 Å². The maximum atomic E-state index is 11.3. The van der Waals surface area contributed by atoms with Crippen molar-refractivity contribution in [3.8, 4) is 17.2 Å². The van der Waals surface area contributed by atoms with Crippen molar-refractivity contribution in [1.82, 2.24) is 4.98 Å². The van der Waals surface area contributed by atoms with Crippen LogP contribution in [0.3, 0.4) is 0 Å². The van der Waals surface area contributed by atoms with E-state index in [4.69, 9.17) is 11.0 Å². The molecule has 0 aliphatic carbocycles. The van der Waals surface area contributed by atoms with Gasteiger partial charge >= 0.3 is 5.97 Å². The van der Waals surface area contributed by atoms with Gasteiger partial charge in [0, 0.05) is 11.8 Å². The highest BCUT2D eigenvalue weighted by atomic mass is 35.5. The maximum Gasteiger partial charge on any atom is 0.322 e. The average Bonchev–Trinajstić information content (AvgIpc) is 2.55. The number of pyridine rings is 1. The molecule has 0 fully saturated rings. The lowest BCUT2D eigenvalue weighted by atomic mass is 10.0. The molecule has 0 aliphatic rings. The summed E-state index contributed by atoms with van der Waals surface area (Å²) >= 11 is 0.